The molecule has 1 saturated heterocycles. The average molecular weight is 276 g/mol. The van der Waals surface area contributed by atoms with Crippen LogP contribution in [0, 0.1) is 18.2 Å². The third kappa shape index (κ3) is 2.85. The van der Waals surface area contributed by atoms with Crippen LogP contribution in [0.15, 0.2) is 18.2 Å². The third-order valence-electron chi connectivity index (χ3n) is 3.56. The zero-order valence-corrected chi connectivity index (χ0v) is 11.4. The molecule has 20 heavy (non-hydrogen) atoms. The van der Waals surface area contributed by atoms with E-state index in [4.69, 9.17) is 16.9 Å². The van der Waals surface area contributed by atoms with Gasteiger partial charge in [-0.2, -0.15) is 0 Å². The molecule has 1 aliphatic heterocycles. The van der Waals surface area contributed by atoms with Crippen molar-refractivity contribution in [3.63, 3.8) is 0 Å². The van der Waals surface area contributed by atoms with Gasteiger partial charge in [0.25, 0.3) is 0 Å². The molecule has 0 unspecified atom stereocenters. The van der Waals surface area contributed by atoms with Gasteiger partial charge in [0.2, 0.25) is 5.91 Å². The number of ether oxygens (including phenoxy) is 1. The van der Waals surface area contributed by atoms with Crippen molar-refractivity contribution in [2.45, 2.75) is 25.4 Å². The zero-order chi connectivity index (χ0) is 14.8. The molecule has 1 aromatic carbocycles. The van der Waals surface area contributed by atoms with Gasteiger partial charge in [-0.15, -0.1) is 6.42 Å². The molecule has 106 valence electrons. The van der Waals surface area contributed by atoms with E-state index in [1.54, 1.807) is 4.90 Å². The first-order valence-corrected chi connectivity index (χ1v) is 6.43. The van der Waals surface area contributed by atoms with Crippen LogP contribution < -0.4 is 10.5 Å². The minimum absolute atomic E-state index is 0.0249. The summed E-state index contributed by atoms with van der Waals surface area (Å²) in [6.07, 6.45) is 6.65. The van der Waals surface area contributed by atoms with Crippen molar-refractivity contribution >= 4 is 11.6 Å². The van der Waals surface area contributed by atoms with Crippen LogP contribution in [0.3, 0.4) is 0 Å². The summed E-state index contributed by atoms with van der Waals surface area (Å²) in [5, 5.41) is 0. The summed E-state index contributed by atoms with van der Waals surface area (Å²) in [5.74, 6) is 2.64. The van der Waals surface area contributed by atoms with Gasteiger partial charge in [-0.25, -0.2) is 4.39 Å². The molecule has 0 aromatic heterocycles. The molecule has 0 saturated carbocycles. The molecule has 1 amide bonds. The Balaban J connectivity index is 2.14. The van der Waals surface area contributed by atoms with Crippen molar-refractivity contribution in [2.75, 3.05) is 18.8 Å². The highest BCUT2D eigenvalue weighted by Crippen LogP contribution is 2.32. The Labute approximate surface area is 117 Å². The summed E-state index contributed by atoms with van der Waals surface area (Å²) < 4.78 is 18.9. The Bertz CT molecular complexity index is 557. The highest BCUT2D eigenvalue weighted by molar-refractivity contribution is 5.73. The molecule has 0 spiro atoms. The molecule has 2 N–H and O–H groups in total. The molecule has 1 heterocycles. The molecule has 0 atom stereocenters. The lowest BCUT2D eigenvalue weighted by Crippen LogP contribution is -2.48. The van der Waals surface area contributed by atoms with E-state index < -0.39 is 11.4 Å². The van der Waals surface area contributed by atoms with Gasteiger partial charge >= 0.3 is 0 Å². The number of rotatable bonds is 2. The molecule has 1 aromatic rings. The summed E-state index contributed by atoms with van der Waals surface area (Å²) in [6.45, 7) is 2.61. The van der Waals surface area contributed by atoms with Gasteiger partial charge in [-0.3, -0.25) is 4.79 Å². The number of nitrogen functional groups attached to an aromatic ring is 1. The summed E-state index contributed by atoms with van der Waals surface area (Å²) in [5.41, 5.74) is 5.15. The lowest BCUT2D eigenvalue weighted by Gasteiger charge is -2.38. The molecule has 0 bridgehead atoms. The van der Waals surface area contributed by atoms with Crippen LogP contribution in [0.1, 0.15) is 19.8 Å². The molecular weight excluding hydrogens is 259 g/mol. The van der Waals surface area contributed by atoms with E-state index in [-0.39, 0.29) is 11.6 Å². The van der Waals surface area contributed by atoms with Gasteiger partial charge in [-0.05, 0) is 12.1 Å². The molecule has 5 heteroatoms. The quantitative estimate of drug-likeness (QED) is 0.662. The average Bonchev–Trinajstić information content (AvgIpc) is 2.42. The molecule has 0 aliphatic carbocycles. The number of benzene rings is 1. The van der Waals surface area contributed by atoms with Gasteiger partial charge in [0.1, 0.15) is 11.6 Å². The van der Waals surface area contributed by atoms with Gasteiger partial charge in [0.15, 0.2) is 5.60 Å². The Hall–Kier alpha value is -2.22. The van der Waals surface area contributed by atoms with Crippen molar-refractivity contribution in [1.29, 1.82) is 0 Å². The second-order valence-corrected chi connectivity index (χ2v) is 4.93. The maximum absolute atomic E-state index is 13.0. The number of halogens is 1. The second-order valence-electron chi connectivity index (χ2n) is 4.93. The molecule has 4 nitrogen and oxygen atoms in total. The number of hydrogen-bond acceptors (Lipinski definition) is 3. The Morgan fingerprint density at radius 1 is 1.50 bits per heavy atom. The summed E-state index contributed by atoms with van der Waals surface area (Å²) in [6, 6.07) is 3.95. The normalized spacial score (nSPS) is 17.4. The predicted octanol–water partition coefficient (Wildman–Crippen LogP) is 1.80. The van der Waals surface area contributed by atoms with Crippen LogP contribution in [0.2, 0.25) is 0 Å². The SMILES string of the molecule is C#CC1(Oc2ccc(F)cc2N)CCN(C(C)=O)CC1. The zero-order valence-electron chi connectivity index (χ0n) is 11.4. The fraction of sp³-hybridized carbons (Fsp3) is 0.400. The van der Waals surface area contributed by atoms with Crippen molar-refractivity contribution in [2.24, 2.45) is 0 Å². The van der Waals surface area contributed by atoms with Crippen LogP contribution in [0.4, 0.5) is 10.1 Å². The highest BCUT2D eigenvalue weighted by atomic mass is 19.1. The Morgan fingerprint density at radius 2 is 2.15 bits per heavy atom. The number of likely N-dealkylation sites (tertiary alicyclic amines) is 1. The van der Waals surface area contributed by atoms with E-state index in [1.807, 2.05) is 0 Å². The van der Waals surface area contributed by atoms with E-state index >= 15 is 0 Å². The minimum Gasteiger partial charge on any atom is -0.472 e. The summed E-state index contributed by atoms with van der Waals surface area (Å²) in [4.78, 5) is 13.0. The smallest absolute Gasteiger partial charge is 0.219 e. The molecule has 2 rings (SSSR count). The first kappa shape index (κ1) is 14.2. The Kier molecular flexibility index (Phi) is 3.84. The number of nitrogens with two attached hydrogens (primary N) is 1. The highest BCUT2D eigenvalue weighted by Gasteiger charge is 2.36. The molecule has 1 fully saturated rings. The third-order valence-corrected chi connectivity index (χ3v) is 3.56. The Morgan fingerprint density at radius 3 is 2.65 bits per heavy atom. The van der Waals surface area contributed by atoms with E-state index in [9.17, 15) is 9.18 Å². The number of anilines is 1. The van der Waals surface area contributed by atoms with Crippen LogP contribution >= 0.6 is 0 Å². The van der Waals surface area contributed by atoms with Crippen molar-refractivity contribution in [3.05, 3.63) is 24.0 Å². The first-order valence-electron chi connectivity index (χ1n) is 6.43. The first-order chi connectivity index (χ1) is 9.46. The predicted molar refractivity (Wildman–Crippen MR) is 74.5 cm³/mol. The van der Waals surface area contributed by atoms with Gasteiger partial charge in [0.05, 0.1) is 5.69 Å². The number of hydrogen-bond donors (Lipinski definition) is 1. The standard InChI is InChI=1S/C15H17FN2O2/c1-3-15(6-8-18(9-7-15)11(2)19)20-14-5-4-12(16)10-13(14)17/h1,4-5,10H,6-9,17H2,2H3. The lowest BCUT2D eigenvalue weighted by atomic mass is 9.92. The van der Waals surface area contributed by atoms with Gasteiger partial charge < -0.3 is 15.4 Å². The number of carbonyl (C=O) groups is 1. The number of terminal acetylenes is 1. The number of carbonyl (C=O) groups excluding carboxylic acids is 1. The monoisotopic (exact) mass is 276 g/mol. The number of piperidine rings is 1. The fourth-order valence-electron chi connectivity index (χ4n) is 2.28. The minimum atomic E-state index is -0.794. The van der Waals surface area contributed by atoms with Gasteiger partial charge in [-0.1, -0.05) is 5.92 Å². The maximum atomic E-state index is 13.0. The maximum Gasteiger partial charge on any atom is 0.219 e. The van der Waals surface area contributed by atoms with E-state index in [1.165, 1.54) is 25.1 Å². The van der Waals surface area contributed by atoms with Crippen LogP contribution in [0.5, 0.6) is 5.75 Å². The van der Waals surface area contributed by atoms with E-state index in [2.05, 4.69) is 5.92 Å². The summed E-state index contributed by atoms with van der Waals surface area (Å²) >= 11 is 0. The topological polar surface area (TPSA) is 55.6 Å². The van der Waals surface area contributed by atoms with E-state index in [0.29, 0.717) is 31.7 Å². The van der Waals surface area contributed by atoms with Crippen molar-refractivity contribution in [1.82, 2.24) is 4.90 Å². The molecule has 1 aliphatic rings. The number of amides is 1. The fourth-order valence-corrected chi connectivity index (χ4v) is 2.28. The van der Waals surface area contributed by atoms with E-state index in [0.717, 1.165) is 0 Å². The van der Waals surface area contributed by atoms with Crippen molar-refractivity contribution in [3.8, 4) is 18.1 Å². The van der Waals surface area contributed by atoms with Crippen LogP contribution in [-0.4, -0.2) is 29.5 Å². The van der Waals surface area contributed by atoms with Crippen molar-refractivity contribution < 1.29 is 13.9 Å². The van der Waals surface area contributed by atoms with Crippen LogP contribution in [-0.2, 0) is 4.79 Å². The number of nitrogens with zero attached hydrogens (tertiary/aromatic N) is 1. The van der Waals surface area contributed by atoms with Gasteiger partial charge in [0, 0.05) is 38.9 Å². The molecular formula is C15H17FN2O2. The second kappa shape index (κ2) is 5.41. The lowest BCUT2D eigenvalue weighted by molar-refractivity contribution is -0.131. The summed E-state index contributed by atoms with van der Waals surface area (Å²) in [7, 11) is 0. The molecule has 0 radical (unpaired) electrons. The largest absolute Gasteiger partial charge is 0.472 e. The van der Waals surface area contributed by atoms with Crippen LogP contribution in [0.25, 0.3) is 0 Å².